The summed E-state index contributed by atoms with van der Waals surface area (Å²) in [7, 11) is 0. The summed E-state index contributed by atoms with van der Waals surface area (Å²) >= 11 is 1.11. The van der Waals surface area contributed by atoms with Crippen LogP contribution in [0.1, 0.15) is 78.0 Å². The fraction of sp³-hybridized carbons (Fsp3) is 0.682. The average molecular weight is 420 g/mol. The number of carbonyl (C=O) groups is 3. The van der Waals surface area contributed by atoms with Crippen LogP contribution in [0.4, 0.5) is 5.00 Å². The van der Waals surface area contributed by atoms with Crippen LogP contribution in [0.15, 0.2) is 0 Å². The third kappa shape index (κ3) is 3.58. The zero-order valence-electron chi connectivity index (χ0n) is 17.3. The Morgan fingerprint density at radius 2 is 1.48 bits per heavy atom. The van der Waals surface area contributed by atoms with Gasteiger partial charge in [0.25, 0.3) is 0 Å². The van der Waals surface area contributed by atoms with Crippen molar-refractivity contribution in [3.05, 3.63) is 16.0 Å². The lowest BCUT2D eigenvalue weighted by molar-refractivity contribution is -0.140. The molecule has 1 N–H and O–H groups in total. The van der Waals surface area contributed by atoms with Crippen molar-refractivity contribution < 1.29 is 23.9 Å². The normalized spacial score (nSPS) is 29.6. The minimum atomic E-state index is -0.516. The van der Waals surface area contributed by atoms with E-state index in [1.165, 1.54) is 19.3 Å². The first kappa shape index (κ1) is 20.4. The molecule has 4 saturated carbocycles. The van der Waals surface area contributed by atoms with E-state index in [1.54, 1.807) is 20.8 Å². The summed E-state index contributed by atoms with van der Waals surface area (Å²) in [5.74, 6) is 0.956. The van der Waals surface area contributed by atoms with E-state index in [-0.39, 0.29) is 30.1 Å². The largest absolute Gasteiger partial charge is 0.462 e. The van der Waals surface area contributed by atoms with Gasteiger partial charge in [-0.05, 0) is 82.6 Å². The zero-order valence-corrected chi connectivity index (χ0v) is 18.2. The Labute approximate surface area is 175 Å². The maximum absolute atomic E-state index is 13.4. The first-order chi connectivity index (χ1) is 13.9. The first-order valence-corrected chi connectivity index (χ1v) is 11.5. The van der Waals surface area contributed by atoms with Gasteiger partial charge in [0.15, 0.2) is 0 Å². The second-order valence-corrected chi connectivity index (χ2v) is 9.87. The maximum atomic E-state index is 13.4. The molecule has 0 unspecified atom stereocenters. The Morgan fingerprint density at radius 1 is 0.966 bits per heavy atom. The molecule has 0 saturated heterocycles. The lowest BCUT2D eigenvalue weighted by atomic mass is 9.49. The Kier molecular flexibility index (Phi) is 5.44. The van der Waals surface area contributed by atoms with Gasteiger partial charge in [-0.1, -0.05) is 0 Å². The topological polar surface area (TPSA) is 81.7 Å². The van der Waals surface area contributed by atoms with Crippen molar-refractivity contribution in [3.8, 4) is 0 Å². The van der Waals surface area contributed by atoms with Crippen LogP contribution < -0.4 is 5.32 Å². The summed E-state index contributed by atoms with van der Waals surface area (Å²) < 4.78 is 10.3. The molecule has 0 aromatic carbocycles. The summed E-state index contributed by atoms with van der Waals surface area (Å²) in [6.07, 6.45) is 6.58. The molecule has 158 valence electrons. The van der Waals surface area contributed by atoms with Crippen LogP contribution in [0.25, 0.3) is 0 Å². The molecular formula is C22H29NO5S. The van der Waals surface area contributed by atoms with Crippen LogP contribution in [0.3, 0.4) is 0 Å². The minimum Gasteiger partial charge on any atom is -0.462 e. The van der Waals surface area contributed by atoms with E-state index in [2.05, 4.69) is 5.32 Å². The molecule has 7 heteroatoms. The highest BCUT2D eigenvalue weighted by atomic mass is 32.1. The maximum Gasteiger partial charge on any atom is 0.348 e. The molecular weight excluding hydrogens is 390 g/mol. The number of rotatable bonds is 6. The van der Waals surface area contributed by atoms with Crippen LogP contribution in [-0.2, 0) is 14.3 Å². The van der Waals surface area contributed by atoms with E-state index in [9.17, 15) is 14.4 Å². The number of hydrogen-bond acceptors (Lipinski definition) is 6. The average Bonchev–Trinajstić information content (AvgIpc) is 2.97. The van der Waals surface area contributed by atoms with Crippen molar-refractivity contribution in [1.82, 2.24) is 0 Å². The van der Waals surface area contributed by atoms with Gasteiger partial charge in [0.1, 0.15) is 9.88 Å². The fourth-order valence-electron chi connectivity index (χ4n) is 6.07. The summed E-state index contributed by atoms with van der Waals surface area (Å²) in [4.78, 5) is 38.7. The van der Waals surface area contributed by atoms with Crippen LogP contribution in [0.2, 0.25) is 0 Å². The van der Waals surface area contributed by atoms with Crippen LogP contribution in [0, 0.1) is 30.1 Å². The molecule has 0 spiro atoms. The van der Waals surface area contributed by atoms with Gasteiger partial charge in [0.05, 0.1) is 24.2 Å². The van der Waals surface area contributed by atoms with Crippen molar-refractivity contribution in [2.24, 2.45) is 23.2 Å². The smallest absolute Gasteiger partial charge is 0.348 e. The van der Waals surface area contributed by atoms with E-state index < -0.39 is 11.9 Å². The minimum absolute atomic E-state index is 0.00110. The van der Waals surface area contributed by atoms with Gasteiger partial charge in [-0.3, -0.25) is 4.79 Å². The molecule has 1 heterocycles. The van der Waals surface area contributed by atoms with Crippen LogP contribution in [-0.4, -0.2) is 31.1 Å². The Balaban J connectivity index is 1.63. The molecule has 4 bridgehead atoms. The molecule has 1 aromatic rings. The number of carbonyl (C=O) groups excluding carboxylic acids is 3. The van der Waals surface area contributed by atoms with Crippen molar-refractivity contribution in [3.63, 3.8) is 0 Å². The van der Waals surface area contributed by atoms with E-state index in [1.807, 2.05) is 0 Å². The Morgan fingerprint density at radius 3 is 2.00 bits per heavy atom. The number of amides is 1. The fourth-order valence-corrected chi connectivity index (χ4v) is 7.15. The molecule has 1 aromatic heterocycles. The van der Waals surface area contributed by atoms with Crippen LogP contribution >= 0.6 is 11.3 Å². The Hall–Kier alpha value is -1.89. The van der Waals surface area contributed by atoms with Crippen molar-refractivity contribution in [1.29, 1.82) is 0 Å². The number of esters is 2. The van der Waals surface area contributed by atoms with Crippen molar-refractivity contribution >= 4 is 34.2 Å². The summed E-state index contributed by atoms with van der Waals surface area (Å²) in [5.41, 5.74) is 0.452. The second kappa shape index (κ2) is 7.74. The van der Waals surface area contributed by atoms with Gasteiger partial charge in [-0.25, -0.2) is 9.59 Å². The van der Waals surface area contributed by atoms with Gasteiger partial charge in [-0.15, -0.1) is 11.3 Å². The van der Waals surface area contributed by atoms with Gasteiger partial charge in [0.2, 0.25) is 5.91 Å². The molecule has 5 rings (SSSR count). The molecule has 4 aliphatic rings. The number of nitrogens with one attached hydrogen (secondary N) is 1. The molecule has 6 nitrogen and oxygen atoms in total. The highest BCUT2D eigenvalue weighted by Gasteiger charge is 2.54. The van der Waals surface area contributed by atoms with Gasteiger partial charge in [0, 0.05) is 0 Å². The number of ether oxygens (including phenoxy) is 2. The van der Waals surface area contributed by atoms with Crippen LogP contribution in [0.5, 0.6) is 0 Å². The second-order valence-electron chi connectivity index (χ2n) is 8.85. The molecule has 0 aliphatic heterocycles. The Bertz CT molecular complexity index is 807. The molecule has 0 atom stereocenters. The van der Waals surface area contributed by atoms with Gasteiger partial charge < -0.3 is 14.8 Å². The van der Waals surface area contributed by atoms with E-state index in [0.29, 0.717) is 33.2 Å². The number of hydrogen-bond donors (Lipinski definition) is 1. The highest BCUT2D eigenvalue weighted by molar-refractivity contribution is 7.18. The van der Waals surface area contributed by atoms with E-state index >= 15 is 0 Å². The van der Waals surface area contributed by atoms with Gasteiger partial charge in [-0.2, -0.15) is 0 Å². The van der Waals surface area contributed by atoms with Crippen molar-refractivity contribution in [2.75, 3.05) is 18.5 Å². The third-order valence-corrected chi connectivity index (χ3v) is 8.02. The predicted octanol–water partition coefficient (Wildman–Crippen LogP) is 4.56. The summed E-state index contributed by atoms with van der Waals surface area (Å²) in [6.45, 7) is 5.66. The third-order valence-electron chi connectivity index (χ3n) is 6.83. The molecule has 0 radical (unpaired) electrons. The lowest BCUT2D eigenvalue weighted by Crippen LogP contribution is -2.51. The standard InChI is InChI=1S/C22H29NO5S/c1-4-27-19(24)16-12(3)17(20(25)28-5-2)29-18(16)23-21(26)22-9-13-6-14(10-22)8-15(7-13)11-22/h13-15H,4-11H2,1-3H3,(H,23,26). The van der Waals surface area contributed by atoms with Gasteiger partial charge >= 0.3 is 11.9 Å². The SMILES string of the molecule is CCOC(=O)c1sc(NC(=O)C23CC4CC(CC(C4)C2)C3)c(C(=O)OCC)c1C. The summed E-state index contributed by atoms with van der Waals surface area (Å²) in [5, 5.41) is 3.44. The quantitative estimate of drug-likeness (QED) is 0.683. The first-order valence-electron chi connectivity index (χ1n) is 10.7. The van der Waals surface area contributed by atoms with E-state index in [0.717, 1.165) is 30.6 Å². The molecule has 1 amide bonds. The molecule has 4 aliphatic carbocycles. The predicted molar refractivity (Wildman–Crippen MR) is 110 cm³/mol. The van der Waals surface area contributed by atoms with Crippen molar-refractivity contribution in [2.45, 2.75) is 59.3 Å². The molecule has 29 heavy (non-hydrogen) atoms. The number of anilines is 1. The monoisotopic (exact) mass is 419 g/mol. The number of thiophene rings is 1. The highest BCUT2D eigenvalue weighted by Crippen LogP contribution is 2.60. The zero-order chi connectivity index (χ0) is 20.8. The summed E-state index contributed by atoms with van der Waals surface area (Å²) in [6, 6.07) is 0. The molecule has 4 fully saturated rings. The lowest BCUT2D eigenvalue weighted by Gasteiger charge is -2.55. The van der Waals surface area contributed by atoms with E-state index in [4.69, 9.17) is 9.47 Å².